The molecule has 2 atom stereocenters. The van der Waals surface area contributed by atoms with Crippen LogP contribution in [0.4, 0.5) is 0 Å². The fourth-order valence-electron chi connectivity index (χ4n) is 8.46. The van der Waals surface area contributed by atoms with Crippen molar-refractivity contribution in [3.63, 3.8) is 0 Å². The molecule has 2 unspecified atom stereocenters. The highest BCUT2D eigenvalue weighted by Gasteiger charge is 2.26. The van der Waals surface area contributed by atoms with Crippen molar-refractivity contribution in [2.75, 3.05) is 5.75 Å². The van der Waals surface area contributed by atoms with E-state index < -0.39 is 28.0 Å². The van der Waals surface area contributed by atoms with E-state index in [2.05, 4.69) is 19.2 Å². The van der Waals surface area contributed by atoms with Crippen molar-refractivity contribution < 1.29 is 22.9 Å². The molecule has 0 aromatic heterocycles. The number of unbranched alkanes of at least 4 members (excludes halogenated alkanes) is 40. The third-order valence-corrected chi connectivity index (χ3v) is 13.1. The molecule has 3 N–H and O–H groups in total. The van der Waals surface area contributed by atoms with Crippen LogP contribution in [0.25, 0.3) is 0 Å². The van der Waals surface area contributed by atoms with Gasteiger partial charge in [0, 0.05) is 6.42 Å². The predicted molar refractivity (Wildman–Crippen MR) is 249 cm³/mol. The normalized spacial score (nSPS) is 13.0. The molecule has 0 aromatic carbocycles. The minimum atomic E-state index is -4.31. The number of aliphatic hydroxyl groups excluding tert-OH is 1. The van der Waals surface area contributed by atoms with Gasteiger partial charge in [-0.25, -0.2) is 0 Å². The van der Waals surface area contributed by atoms with Gasteiger partial charge in [0.15, 0.2) is 0 Å². The summed E-state index contributed by atoms with van der Waals surface area (Å²) in [6, 6.07) is -0.965. The van der Waals surface area contributed by atoms with Gasteiger partial charge in [-0.3, -0.25) is 9.35 Å². The number of hydrogen-bond acceptors (Lipinski definition) is 4. The molecule has 0 aliphatic carbocycles. The molecule has 0 heterocycles. The Bertz CT molecular complexity index is 912. The van der Waals surface area contributed by atoms with E-state index in [1.807, 2.05) is 0 Å². The zero-order valence-electron chi connectivity index (χ0n) is 38.5. The smallest absolute Gasteiger partial charge is 0.266 e. The molecule has 0 aromatic rings. The summed E-state index contributed by atoms with van der Waals surface area (Å²) < 4.78 is 32.7. The Morgan fingerprint density at radius 3 is 0.877 bits per heavy atom. The maximum atomic E-state index is 12.6. The van der Waals surface area contributed by atoms with Crippen LogP contribution in [-0.2, 0) is 14.9 Å². The van der Waals surface area contributed by atoms with E-state index in [4.69, 9.17) is 0 Å². The molecule has 1 amide bonds. The molecule has 6 nitrogen and oxygen atoms in total. The lowest BCUT2D eigenvalue weighted by Gasteiger charge is -2.23. The fourth-order valence-corrected chi connectivity index (χ4v) is 9.22. The molecule has 0 radical (unpaired) electrons. The van der Waals surface area contributed by atoms with Crippen LogP contribution in [0.1, 0.15) is 296 Å². The van der Waals surface area contributed by atoms with Crippen LogP contribution in [0.3, 0.4) is 0 Å². The molecule has 0 bridgehead atoms. The molecule has 0 spiro atoms. The van der Waals surface area contributed by atoms with E-state index in [0.717, 1.165) is 38.5 Å². The van der Waals surface area contributed by atoms with Gasteiger partial charge in [0.1, 0.15) is 0 Å². The summed E-state index contributed by atoms with van der Waals surface area (Å²) in [4.78, 5) is 12.6. The molecule has 0 aliphatic rings. The highest BCUT2D eigenvalue weighted by molar-refractivity contribution is 7.85. The number of amides is 1. The average Bonchev–Trinajstić information content (AvgIpc) is 3.18. The zero-order valence-corrected chi connectivity index (χ0v) is 39.3. The molecule has 0 fully saturated rings. The first-order chi connectivity index (χ1) is 27.8. The van der Waals surface area contributed by atoms with E-state index in [0.29, 0.717) is 12.8 Å². The van der Waals surface area contributed by atoms with Crippen molar-refractivity contribution in [3.8, 4) is 0 Å². The van der Waals surface area contributed by atoms with Crippen LogP contribution < -0.4 is 5.32 Å². The molecule has 0 saturated carbocycles. The highest BCUT2D eigenvalue weighted by Crippen LogP contribution is 2.18. The Morgan fingerprint density at radius 1 is 0.404 bits per heavy atom. The Labute approximate surface area is 357 Å². The first-order valence-electron chi connectivity index (χ1n) is 25.7. The minimum Gasteiger partial charge on any atom is -0.391 e. The van der Waals surface area contributed by atoms with Crippen LogP contribution >= 0.6 is 0 Å². The van der Waals surface area contributed by atoms with Crippen LogP contribution in [0, 0.1) is 0 Å². The van der Waals surface area contributed by atoms with Crippen molar-refractivity contribution in [2.24, 2.45) is 0 Å². The Kier molecular flexibility index (Phi) is 44.4. The highest BCUT2D eigenvalue weighted by atomic mass is 32.2. The van der Waals surface area contributed by atoms with Crippen molar-refractivity contribution >= 4 is 16.0 Å². The van der Waals surface area contributed by atoms with E-state index in [1.165, 1.54) is 231 Å². The number of carbonyl (C=O) groups is 1. The van der Waals surface area contributed by atoms with Crippen LogP contribution in [0.5, 0.6) is 0 Å². The number of rotatable bonds is 48. The summed E-state index contributed by atoms with van der Waals surface area (Å²) in [5.41, 5.74) is 0. The quantitative estimate of drug-likeness (QED) is 0.0419. The lowest BCUT2D eigenvalue weighted by molar-refractivity contribution is -0.122. The van der Waals surface area contributed by atoms with Gasteiger partial charge in [0.25, 0.3) is 10.1 Å². The summed E-state index contributed by atoms with van der Waals surface area (Å²) in [5.74, 6) is -0.877. The van der Waals surface area contributed by atoms with Crippen molar-refractivity contribution in [1.82, 2.24) is 5.32 Å². The van der Waals surface area contributed by atoms with Gasteiger partial charge in [-0.05, 0) is 12.8 Å². The fraction of sp³-hybridized carbons (Fsp3) is 0.980. The van der Waals surface area contributed by atoms with Gasteiger partial charge in [0.05, 0.1) is 17.9 Å². The van der Waals surface area contributed by atoms with Crippen molar-refractivity contribution in [2.45, 2.75) is 309 Å². The lowest BCUT2D eigenvalue weighted by Crippen LogP contribution is -2.47. The molecule has 0 saturated heterocycles. The molecule has 57 heavy (non-hydrogen) atoms. The van der Waals surface area contributed by atoms with Crippen LogP contribution in [-0.4, -0.2) is 41.9 Å². The topological polar surface area (TPSA) is 104 Å². The summed E-state index contributed by atoms with van der Waals surface area (Å²) in [6.07, 6.45) is 55.0. The van der Waals surface area contributed by atoms with E-state index in [-0.39, 0.29) is 5.91 Å². The standard InChI is InChI=1S/C50H101NO5S/c1-3-5-7-9-11-13-15-17-19-21-23-24-25-26-28-30-32-34-36-38-40-42-44-46-50(53)51-48(47-57(54,55)56)49(52)45-43-41-39-37-35-33-31-29-27-22-20-18-16-14-12-10-8-6-4-2/h48-49,52H,3-47H2,1-2H3,(H,51,53)(H,54,55,56). The summed E-state index contributed by atoms with van der Waals surface area (Å²) >= 11 is 0. The van der Waals surface area contributed by atoms with E-state index in [1.54, 1.807) is 0 Å². The Hall–Kier alpha value is -0.660. The Morgan fingerprint density at radius 2 is 0.632 bits per heavy atom. The summed E-state index contributed by atoms with van der Waals surface area (Å²) in [5, 5.41) is 13.5. The third kappa shape index (κ3) is 46.3. The van der Waals surface area contributed by atoms with Gasteiger partial charge in [-0.2, -0.15) is 8.42 Å². The molecular weight excluding hydrogens is 727 g/mol. The average molecular weight is 828 g/mol. The van der Waals surface area contributed by atoms with Gasteiger partial charge in [0.2, 0.25) is 5.91 Å². The van der Waals surface area contributed by atoms with Crippen molar-refractivity contribution in [3.05, 3.63) is 0 Å². The molecule has 0 rings (SSSR count). The first kappa shape index (κ1) is 56.3. The number of hydrogen-bond donors (Lipinski definition) is 3. The maximum absolute atomic E-state index is 12.6. The van der Waals surface area contributed by atoms with E-state index >= 15 is 0 Å². The zero-order chi connectivity index (χ0) is 41.8. The predicted octanol–water partition coefficient (Wildman–Crippen LogP) is 15.9. The second kappa shape index (κ2) is 44.9. The summed E-state index contributed by atoms with van der Waals surface area (Å²) in [7, 11) is -4.31. The van der Waals surface area contributed by atoms with Gasteiger partial charge in [-0.15, -0.1) is 0 Å². The molecular formula is C50H101NO5S. The number of nitrogens with one attached hydrogen (secondary N) is 1. The minimum absolute atomic E-state index is 0.237. The van der Waals surface area contributed by atoms with Gasteiger partial charge >= 0.3 is 0 Å². The number of carbonyl (C=O) groups excluding carboxylic acids is 1. The summed E-state index contributed by atoms with van der Waals surface area (Å²) in [6.45, 7) is 4.57. The molecule has 7 heteroatoms. The lowest BCUT2D eigenvalue weighted by atomic mass is 10.0. The SMILES string of the molecule is CCCCCCCCCCCCCCCCCCCCCCCCCC(=O)NC(CS(=O)(=O)O)C(O)CCCCCCCCCCCCCCCCCCCCC. The monoisotopic (exact) mass is 828 g/mol. The maximum Gasteiger partial charge on any atom is 0.266 e. The van der Waals surface area contributed by atoms with Crippen LogP contribution in [0.15, 0.2) is 0 Å². The van der Waals surface area contributed by atoms with Crippen LogP contribution in [0.2, 0.25) is 0 Å². The number of aliphatic hydroxyl groups is 1. The van der Waals surface area contributed by atoms with Gasteiger partial charge < -0.3 is 10.4 Å². The molecule has 342 valence electrons. The third-order valence-electron chi connectivity index (χ3n) is 12.3. The second-order valence-corrected chi connectivity index (χ2v) is 19.7. The first-order valence-corrected chi connectivity index (χ1v) is 27.3. The van der Waals surface area contributed by atoms with Gasteiger partial charge in [-0.1, -0.05) is 277 Å². The van der Waals surface area contributed by atoms with E-state index in [9.17, 15) is 22.9 Å². The molecule has 0 aliphatic heterocycles. The largest absolute Gasteiger partial charge is 0.391 e. The second-order valence-electron chi connectivity index (χ2n) is 18.2. The Balaban J connectivity index is 3.69. The van der Waals surface area contributed by atoms with Crippen molar-refractivity contribution in [1.29, 1.82) is 0 Å².